The molecular formula is C34H50O7. The molecule has 7 heteroatoms. The van der Waals surface area contributed by atoms with E-state index in [0.29, 0.717) is 18.3 Å². The Bertz CT molecular complexity index is 1130. The Morgan fingerprint density at radius 3 is 2.37 bits per heavy atom. The van der Waals surface area contributed by atoms with Crippen molar-refractivity contribution in [1.29, 1.82) is 0 Å². The number of carboxylic acids is 1. The number of fused-ring (bicyclic) bond motifs is 3. The Morgan fingerprint density at radius 2 is 1.80 bits per heavy atom. The average molecular weight is 571 g/mol. The Balaban J connectivity index is 1.80. The maximum Gasteiger partial charge on any atom is 0.307 e. The van der Waals surface area contributed by atoms with Gasteiger partial charge in [0.25, 0.3) is 0 Å². The number of rotatable bonds is 8. The van der Waals surface area contributed by atoms with E-state index in [1.807, 2.05) is 6.92 Å². The van der Waals surface area contributed by atoms with Gasteiger partial charge in [0.15, 0.2) is 0 Å². The van der Waals surface area contributed by atoms with E-state index in [-0.39, 0.29) is 35.7 Å². The lowest BCUT2D eigenvalue weighted by Gasteiger charge is -2.65. The van der Waals surface area contributed by atoms with Crippen LogP contribution in [0.3, 0.4) is 0 Å². The van der Waals surface area contributed by atoms with Crippen LogP contribution in [0.4, 0.5) is 0 Å². The fraction of sp³-hybridized carbons (Fsp3) is 0.735. The van der Waals surface area contributed by atoms with Gasteiger partial charge in [-0.25, -0.2) is 0 Å². The van der Waals surface area contributed by atoms with Gasteiger partial charge in [0.2, 0.25) is 0 Å². The summed E-state index contributed by atoms with van der Waals surface area (Å²) in [6.07, 6.45) is 7.43. The minimum atomic E-state index is -1.00. The quantitative estimate of drug-likeness (QED) is 0.257. The third-order valence-electron chi connectivity index (χ3n) is 11.3. The van der Waals surface area contributed by atoms with Crippen LogP contribution in [0.25, 0.3) is 0 Å². The number of aliphatic carboxylic acids is 1. The first-order valence-electron chi connectivity index (χ1n) is 15.2. The molecule has 2 saturated carbocycles. The van der Waals surface area contributed by atoms with Gasteiger partial charge in [0, 0.05) is 24.7 Å². The van der Waals surface area contributed by atoms with E-state index in [9.17, 15) is 19.5 Å². The van der Waals surface area contributed by atoms with Crippen LogP contribution in [0.5, 0.6) is 0 Å². The summed E-state index contributed by atoms with van der Waals surface area (Å²) in [4.78, 5) is 37.0. The summed E-state index contributed by atoms with van der Waals surface area (Å²) in [6.45, 7) is 20.7. The number of hydrogen-bond donors (Lipinski definition) is 1. The zero-order chi connectivity index (χ0) is 30.5. The fourth-order valence-electron chi connectivity index (χ4n) is 9.80. The highest BCUT2D eigenvalue weighted by atomic mass is 16.6. The SMILES string of the molecule is C=C(C)[C@@H]1C[C@@H](OC(C)=O)[C@@]2(C)C3=CC[C@@H]([C@H]4CO[C@H](C=C(C)C)C4)[C@]3(C)CC[C@@H]2[C@]1(C)[C@H](CC(=O)O)OC(C)=O. The summed E-state index contributed by atoms with van der Waals surface area (Å²) < 4.78 is 18.3. The summed E-state index contributed by atoms with van der Waals surface area (Å²) in [6, 6.07) is 0. The van der Waals surface area contributed by atoms with Gasteiger partial charge >= 0.3 is 17.9 Å². The van der Waals surface area contributed by atoms with Crippen LogP contribution in [-0.2, 0) is 28.6 Å². The zero-order valence-electron chi connectivity index (χ0n) is 26.2. The van der Waals surface area contributed by atoms with Gasteiger partial charge in [0.1, 0.15) is 12.2 Å². The number of hydrogen-bond acceptors (Lipinski definition) is 6. The molecule has 0 spiro atoms. The highest BCUT2D eigenvalue weighted by Crippen LogP contribution is 2.71. The Kier molecular flexibility index (Phi) is 8.73. The van der Waals surface area contributed by atoms with Crippen LogP contribution < -0.4 is 0 Å². The minimum Gasteiger partial charge on any atom is -0.481 e. The fourth-order valence-corrected chi connectivity index (χ4v) is 9.80. The van der Waals surface area contributed by atoms with Crippen LogP contribution in [0.2, 0.25) is 0 Å². The first kappa shape index (κ1) is 31.5. The number of carbonyl (C=O) groups excluding carboxylic acids is 2. The van der Waals surface area contributed by atoms with Crippen molar-refractivity contribution in [2.45, 2.75) is 112 Å². The third-order valence-corrected chi connectivity index (χ3v) is 11.3. The third kappa shape index (κ3) is 5.44. The lowest BCUT2D eigenvalue weighted by atomic mass is 9.40. The van der Waals surface area contributed by atoms with Crippen molar-refractivity contribution in [3.63, 3.8) is 0 Å². The molecule has 0 aromatic heterocycles. The Morgan fingerprint density at radius 1 is 1.12 bits per heavy atom. The predicted octanol–water partition coefficient (Wildman–Crippen LogP) is 6.67. The van der Waals surface area contributed by atoms with E-state index in [4.69, 9.17) is 14.2 Å². The highest BCUT2D eigenvalue weighted by Gasteiger charge is 2.69. The number of esters is 2. The minimum absolute atomic E-state index is 0.0881. The van der Waals surface area contributed by atoms with Crippen molar-refractivity contribution in [3.8, 4) is 0 Å². The van der Waals surface area contributed by atoms with Gasteiger partial charge < -0.3 is 19.3 Å². The average Bonchev–Trinajstić information content (AvgIpc) is 3.43. The van der Waals surface area contributed by atoms with E-state index in [1.54, 1.807) is 0 Å². The molecule has 41 heavy (non-hydrogen) atoms. The number of carbonyl (C=O) groups is 3. The largest absolute Gasteiger partial charge is 0.481 e. The highest BCUT2D eigenvalue weighted by molar-refractivity contribution is 5.70. The van der Waals surface area contributed by atoms with Gasteiger partial charge in [-0.1, -0.05) is 56.2 Å². The van der Waals surface area contributed by atoms with Crippen molar-refractivity contribution in [3.05, 3.63) is 35.5 Å². The summed E-state index contributed by atoms with van der Waals surface area (Å²) in [7, 11) is 0. The first-order valence-corrected chi connectivity index (χ1v) is 15.2. The molecular weight excluding hydrogens is 520 g/mol. The molecule has 1 aliphatic heterocycles. The van der Waals surface area contributed by atoms with E-state index in [2.05, 4.69) is 53.3 Å². The maximum absolute atomic E-state index is 12.5. The molecule has 0 bridgehead atoms. The van der Waals surface area contributed by atoms with Crippen molar-refractivity contribution in [1.82, 2.24) is 0 Å². The molecule has 0 amide bonds. The molecule has 228 valence electrons. The van der Waals surface area contributed by atoms with Gasteiger partial charge in [-0.3, -0.25) is 14.4 Å². The van der Waals surface area contributed by atoms with E-state index >= 15 is 0 Å². The number of carboxylic acid groups (broad SMARTS) is 1. The van der Waals surface area contributed by atoms with Gasteiger partial charge in [-0.2, -0.15) is 0 Å². The second-order valence-corrected chi connectivity index (χ2v) is 14.2. The lowest BCUT2D eigenvalue weighted by Crippen LogP contribution is -2.65. The summed E-state index contributed by atoms with van der Waals surface area (Å²) in [5.41, 5.74) is 2.09. The molecule has 1 N–H and O–H groups in total. The summed E-state index contributed by atoms with van der Waals surface area (Å²) >= 11 is 0. The molecule has 1 saturated heterocycles. The summed E-state index contributed by atoms with van der Waals surface area (Å²) in [5, 5.41) is 9.91. The van der Waals surface area contributed by atoms with Crippen molar-refractivity contribution >= 4 is 17.9 Å². The molecule has 4 rings (SSSR count). The Hall–Kier alpha value is -2.41. The van der Waals surface area contributed by atoms with Crippen LogP contribution in [0.1, 0.15) is 93.9 Å². The van der Waals surface area contributed by atoms with Crippen LogP contribution in [-0.4, -0.2) is 47.9 Å². The molecule has 0 aromatic rings. The lowest BCUT2D eigenvalue weighted by molar-refractivity contribution is -0.207. The second-order valence-electron chi connectivity index (χ2n) is 14.2. The van der Waals surface area contributed by atoms with Crippen molar-refractivity contribution in [2.75, 3.05) is 6.61 Å². The van der Waals surface area contributed by atoms with Gasteiger partial charge in [0.05, 0.1) is 19.1 Å². The smallest absolute Gasteiger partial charge is 0.307 e. The molecule has 0 unspecified atom stereocenters. The van der Waals surface area contributed by atoms with Crippen LogP contribution >= 0.6 is 0 Å². The van der Waals surface area contributed by atoms with Gasteiger partial charge in [-0.15, -0.1) is 0 Å². The Labute approximate surface area is 245 Å². The molecule has 4 aliphatic rings. The number of ether oxygens (including phenoxy) is 3. The van der Waals surface area contributed by atoms with E-state index in [1.165, 1.54) is 25.0 Å². The molecule has 1 heterocycles. The maximum atomic E-state index is 12.5. The predicted molar refractivity (Wildman–Crippen MR) is 157 cm³/mol. The molecule has 3 fully saturated rings. The van der Waals surface area contributed by atoms with Crippen LogP contribution in [0.15, 0.2) is 35.5 Å². The van der Waals surface area contributed by atoms with Crippen molar-refractivity contribution < 1.29 is 33.7 Å². The standard InChI is InChI=1S/C34H50O7/c1-19(2)14-24-15-23(18-39-24)25-10-11-27-32(25,7)13-12-28-33(8,30(17-31(37)38)41-22(6)36)26(20(3)4)16-29(34(27,28)9)40-21(5)35/h11,14,23-26,28-30H,3,10,12-13,15-18H2,1-2,4-9H3,(H,37,38)/t23-,24-,25+,26+,28-,29-,30+,32+,33-,34+/m1/s1. The monoisotopic (exact) mass is 570 g/mol. The molecule has 3 aliphatic carbocycles. The summed E-state index contributed by atoms with van der Waals surface area (Å²) in [5.74, 6) is -1.25. The second kappa shape index (κ2) is 11.3. The van der Waals surface area contributed by atoms with Crippen LogP contribution in [0, 0.1) is 39.9 Å². The van der Waals surface area contributed by atoms with E-state index in [0.717, 1.165) is 37.9 Å². The van der Waals surface area contributed by atoms with Crippen molar-refractivity contribution in [2.24, 2.45) is 39.9 Å². The molecule has 0 radical (unpaired) electrons. The number of allylic oxidation sites excluding steroid dienone is 3. The molecule has 0 aromatic carbocycles. The zero-order valence-corrected chi connectivity index (χ0v) is 26.2. The molecule has 7 nitrogen and oxygen atoms in total. The van der Waals surface area contributed by atoms with Gasteiger partial charge in [-0.05, 0) is 82.0 Å². The normalized spacial score (nSPS) is 40.4. The first-order chi connectivity index (χ1) is 19.0. The van der Waals surface area contributed by atoms with E-state index < -0.39 is 35.0 Å². The molecule has 10 atom stereocenters. The topological polar surface area (TPSA) is 99.1 Å².